The van der Waals surface area contributed by atoms with Gasteiger partial charge in [-0.3, -0.25) is 24.1 Å². The smallest absolute Gasteiger partial charge is 0.261 e. The van der Waals surface area contributed by atoms with Crippen molar-refractivity contribution in [3.05, 3.63) is 59.7 Å². The number of para-hydroxylation sites is 2. The zero-order chi connectivity index (χ0) is 18.7. The number of carbonyl (C=O) groups is 4. The van der Waals surface area contributed by atoms with Gasteiger partial charge in [0.1, 0.15) is 0 Å². The third-order valence-electron chi connectivity index (χ3n) is 3.95. The molecule has 0 saturated heterocycles. The second-order valence-electron chi connectivity index (χ2n) is 5.83. The zero-order valence-electron chi connectivity index (χ0n) is 14.1. The van der Waals surface area contributed by atoms with Crippen molar-refractivity contribution in [1.82, 2.24) is 4.90 Å². The lowest BCUT2D eigenvalue weighted by Crippen LogP contribution is -2.33. The Morgan fingerprint density at radius 1 is 0.846 bits per heavy atom. The Labute approximate surface area is 150 Å². The van der Waals surface area contributed by atoms with Crippen molar-refractivity contribution >= 4 is 35.0 Å². The molecule has 0 saturated carbocycles. The van der Waals surface area contributed by atoms with E-state index in [2.05, 4.69) is 10.6 Å². The van der Waals surface area contributed by atoms with Crippen molar-refractivity contribution in [3.63, 3.8) is 0 Å². The third-order valence-corrected chi connectivity index (χ3v) is 3.95. The van der Waals surface area contributed by atoms with Crippen LogP contribution in [-0.2, 0) is 9.59 Å². The number of benzene rings is 2. The minimum atomic E-state index is -0.392. The highest BCUT2D eigenvalue weighted by molar-refractivity contribution is 6.21. The van der Waals surface area contributed by atoms with E-state index in [1.807, 2.05) is 0 Å². The molecule has 7 nitrogen and oxygen atoms in total. The molecule has 0 aliphatic carbocycles. The minimum Gasteiger partial charge on any atom is -0.325 e. The van der Waals surface area contributed by atoms with Gasteiger partial charge in [-0.25, -0.2) is 0 Å². The van der Waals surface area contributed by atoms with Gasteiger partial charge in [0, 0.05) is 19.9 Å². The number of amides is 4. The second kappa shape index (κ2) is 7.18. The number of hydrogen-bond donors (Lipinski definition) is 2. The standard InChI is InChI=1S/C19H17N3O4/c1-12(23)20-15-8-4-5-9-16(15)21-17(24)10-11-22-18(25)13-6-2-3-7-14(13)19(22)26/h2-9H,10-11H2,1H3,(H,20,23)(H,21,24). The van der Waals surface area contributed by atoms with Gasteiger partial charge in [-0.15, -0.1) is 0 Å². The first-order valence-corrected chi connectivity index (χ1v) is 8.09. The molecule has 1 aliphatic heterocycles. The van der Waals surface area contributed by atoms with Crippen LogP contribution in [0.4, 0.5) is 11.4 Å². The number of carbonyl (C=O) groups excluding carboxylic acids is 4. The Balaban J connectivity index is 1.63. The summed E-state index contributed by atoms with van der Waals surface area (Å²) in [4.78, 5) is 49.1. The Morgan fingerprint density at radius 3 is 1.88 bits per heavy atom. The molecule has 0 aromatic heterocycles. The van der Waals surface area contributed by atoms with E-state index in [1.165, 1.54) is 6.92 Å². The van der Waals surface area contributed by atoms with E-state index < -0.39 is 11.8 Å². The van der Waals surface area contributed by atoms with Gasteiger partial charge >= 0.3 is 0 Å². The molecule has 0 spiro atoms. The minimum absolute atomic E-state index is 0.0134. The summed E-state index contributed by atoms with van der Waals surface area (Å²) < 4.78 is 0. The number of hydrogen-bond acceptors (Lipinski definition) is 4. The van der Waals surface area contributed by atoms with Crippen molar-refractivity contribution in [2.45, 2.75) is 13.3 Å². The predicted molar refractivity (Wildman–Crippen MR) is 95.8 cm³/mol. The summed E-state index contributed by atoms with van der Waals surface area (Å²) in [5.74, 6) is -1.40. The van der Waals surface area contributed by atoms with E-state index >= 15 is 0 Å². The lowest BCUT2D eigenvalue weighted by atomic mass is 10.1. The summed E-state index contributed by atoms with van der Waals surface area (Å²) in [7, 11) is 0. The van der Waals surface area contributed by atoms with Crippen molar-refractivity contribution in [2.24, 2.45) is 0 Å². The van der Waals surface area contributed by atoms with Crippen LogP contribution in [0, 0.1) is 0 Å². The Bertz CT molecular complexity index is 872. The first kappa shape index (κ1) is 17.3. The summed E-state index contributed by atoms with van der Waals surface area (Å²) in [6, 6.07) is 13.4. The van der Waals surface area contributed by atoms with Crippen LogP contribution >= 0.6 is 0 Å². The molecule has 0 bridgehead atoms. The highest BCUT2D eigenvalue weighted by atomic mass is 16.2. The van der Waals surface area contributed by atoms with Crippen LogP contribution in [0.3, 0.4) is 0 Å². The maximum atomic E-state index is 12.3. The van der Waals surface area contributed by atoms with E-state index in [-0.39, 0.29) is 24.8 Å². The molecule has 0 atom stereocenters. The van der Waals surface area contributed by atoms with Crippen LogP contribution < -0.4 is 10.6 Å². The second-order valence-corrected chi connectivity index (χ2v) is 5.83. The lowest BCUT2D eigenvalue weighted by molar-refractivity contribution is -0.116. The molecule has 0 radical (unpaired) electrons. The third kappa shape index (κ3) is 3.46. The van der Waals surface area contributed by atoms with Gasteiger partial charge in [-0.1, -0.05) is 24.3 Å². The monoisotopic (exact) mass is 351 g/mol. The number of nitrogens with zero attached hydrogens (tertiary/aromatic N) is 1. The molecular formula is C19H17N3O4. The van der Waals surface area contributed by atoms with Gasteiger partial charge in [0.05, 0.1) is 22.5 Å². The van der Waals surface area contributed by atoms with Crippen molar-refractivity contribution in [3.8, 4) is 0 Å². The zero-order valence-corrected chi connectivity index (χ0v) is 14.1. The molecule has 2 aromatic rings. The van der Waals surface area contributed by atoms with Gasteiger partial charge in [0.15, 0.2) is 0 Å². The lowest BCUT2D eigenvalue weighted by Gasteiger charge is -2.15. The van der Waals surface area contributed by atoms with Gasteiger partial charge in [-0.05, 0) is 24.3 Å². The maximum absolute atomic E-state index is 12.3. The molecule has 3 rings (SSSR count). The number of rotatable bonds is 5. The number of nitrogens with one attached hydrogen (secondary N) is 2. The van der Waals surface area contributed by atoms with Crippen LogP contribution in [0.2, 0.25) is 0 Å². The topological polar surface area (TPSA) is 95.6 Å². The molecule has 2 aromatic carbocycles. The fourth-order valence-corrected chi connectivity index (χ4v) is 2.76. The van der Waals surface area contributed by atoms with E-state index in [0.717, 1.165) is 4.90 Å². The fourth-order valence-electron chi connectivity index (χ4n) is 2.76. The van der Waals surface area contributed by atoms with Crippen LogP contribution in [-0.4, -0.2) is 35.1 Å². The highest BCUT2D eigenvalue weighted by Crippen LogP contribution is 2.23. The largest absolute Gasteiger partial charge is 0.325 e. The van der Waals surface area contributed by atoms with E-state index in [1.54, 1.807) is 48.5 Å². The molecule has 7 heteroatoms. The summed E-state index contributed by atoms with van der Waals surface area (Å²) in [5.41, 5.74) is 1.65. The van der Waals surface area contributed by atoms with Crippen molar-refractivity contribution in [2.75, 3.05) is 17.2 Å². The maximum Gasteiger partial charge on any atom is 0.261 e. The van der Waals surface area contributed by atoms with Crippen molar-refractivity contribution in [1.29, 1.82) is 0 Å². The van der Waals surface area contributed by atoms with Gasteiger partial charge in [0.25, 0.3) is 11.8 Å². The Morgan fingerprint density at radius 2 is 1.35 bits per heavy atom. The number of anilines is 2. The molecule has 2 N–H and O–H groups in total. The Hall–Kier alpha value is -3.48. The first-order valence-electron chi connectivity index (χ1n) is 8.09. The van der Waals surface area contributed by atoms with Gasteiger partial charge < -0.3 is 10.6 Å². The molecular weight excluding hydrogens is 334 g/mol. The molecule has 1 aliphatic rings. The van der Waals surface area contributed by atoms with E-state index in [0.29, 0.717) is 22.5 Å². The molecule has 4 amide bonds. The van der Waals surface area contributed by atoms with Crippen molar-refractivity contribution < 1.29 is 19.2 Å². The summed E-state index contributed by atoms with van der Waals surface area (Å²) in [5, 5.41) is 5.32. The van der Waals surface area contributed by atoms with E-state index in [4.69, 9.17) is 0 Å². The highest BCUT2D eigenvalue weighted by Gasteiger charge is 2.34. The normalized spacial score (nSPS) is 12.7. The molecule has 0 fully saturated rings. The summed E-state index contributed by atoms with van der Waals surface area (Å²) in [6.45, 7) is 1.36. The van der Waals surface area contributed by atoms with Crippen LogP contribution in [0.1, 0.15) is 34.1 Å². The average molecular weight is 351 g/mol. The quantitative estimate of drug-likeness (QED) is 0.808. The molecule has 26 heavy (non-hydrogen) atoms. The average Bonchev–Trinajstić information content (AvgIpc) is 2.86. The van der Waals surface area contributed by atoms with E-state index in [9.17, 15) is 19.2 Å². The molecule has 1 heterocycles. The fraction of sp³-hybridized carbons (Fsp3) is 0.158. The first-order chi connectivity index (χ1) is 12.5. The summed E-state index contributed by atoms with van der Waals surface area (Å²) >= 11 is 0. The van der Waals surface area contributed by atoms with Gasteiger partial charge in [0.2, 0.25) is 11.8 Å². The summed E-state index contributed by atoms with van der Waals surface area (Å²) in [6.07, 6.45) is -0.0418. The van der Waals surface area contributed by atoms with Gasteiger partial charge in [-0.2, -0.15) is 0 Å². The predicted octanol–water partition coefficient (Wildman–Crippen LogP) is 2.27. The molecule has 132 valence electrons. The number of fused-ring (bicyclic) bond motifs is 1. The SMILES string of the molecule is CC(=O)Nc1ccccc1NC(=O)CCN1C(=O)c2ccccc2C1=O. The Kier molecular flexibility index (Phi) is 4.79. The van der Waals surface area contributed by atoms with Crippen LogP contribution in [0.5, 0.6) is 0 Å². The number of imide groups is 1. The van der Waals surface area contributed by atoms with Crippen LogP contribution in [0.15, 0.2) is 48.5 Å². The molecule has 0 unspecified atom stereocenters. The van der Waals surface area contributed by atoms with Crippen LogP contribution in [0.25, 0.3) is 0 Å².